The van der Waals surface area contributed by atoms with Gasteiger partial charge in [-0.05, 0) is 18.4 Å². The fourth-order valence-electron chi connectivity index (χ4n) is 1.47. The maximum atomic E-state index is 8.72. The van der Waals surface area contributed by atoms with E-state index < -0.39 is 0 Å². The molecule has 0 spiro atoms. The average Bonchev–Trinajstić information content (AvgIpc) is 2.35. The number of ether oxygens (including phenoxy) is 2. The first-order chi connectivity index (χ1) is 7.86. The number of aliphatic hydroxyl groups is 1. The highest BCUT2D eigenvalue weighted by molar-refractivity contribution is 5.13. The van der Waals surface area contributed by atoms with Crippen LogP contribution in [0.25, 0.3) is 0 Å². The third-order valence-corrected chi connectivity index (χ3v) is 2.43. The maximum Gasteiger partial charge on any atom is 0.0805 e. The first-order valence-electron chi connectivity index (χ1n) is 5.62. The van der Waals surface area contributed by atoms with Crippen molar-refractivity contribution in [2.75, 3.05) is 20.3 Å². The number of methoxy groups -OCH3 is 1. The first kappa shape index (κ1) is 13.2. The zero-order chi connectivity index (χ0) is 11.6. The highest BCUT2D eigenvalue weighted by Crippen LogP contribution is 2.05. The quantitative estimate of drug-likeness (QED) is 0.734. The van der Waals surface area contributed by atoms with Crippen LogP contribution in [0, 0.1) is 0 Å². The second-order valence-corrected chi connectivity index (χ2v) is 3.72. The van der Waals surface area contributed by atoms with Gasteiger partial charge in [0.1, 0.15) is 0 Å². The van der Waals surface area contributed by atoms with E-state index in [0.717, 1.165) is 12.8 Å². The van der Waals surface area contributed by atoms with Crippen LogP contribution in [0.2, 0.25) is 0 Å². The van der Waals surface area contributed by atoms with Gasteiger partial charge in [-0.15, -0.1) is 0 Å². The molecule has 90 valence electrons. The molecule has 0 aromatic heterocycles. The normalized spacial score (nSPS) is 12.6. The summed E-state index contributed by atoms with van der Waals surface area (Å²) in [7, 11) is 1.67. The van der Waals surface area contributed by atoms with Crippen molar-refractivity contribution < 1.29 is 14.6 Å². The molecule has 0 saturated heterocycles. The minimum absolute atomic E-state index is 0.0795. The fourth-order valence-corrected chi connectivity index (χ4v) is 1.47. The molecule has 0 heterocycles. The molecule has 0 fully saturated rings. The molecule has 1 aromatic rings. The van der Waals surface area contributed by atoms with Crippen LogP contribution in [-0.4, -0.2) is 31.5 Å². The summed E-state index contributed by atoms with van der Waals surface area (Å²) in [4.78, 5) is 0. The Hall–Kier alpha value is -0.900. The molecule has 0 saturated carbocycles. The van der Waals surface area contributed by atoms with Crippen molar-refractivity contribution >= 4 is 0 Å². The Morgan fingerprint density at radius 1 is 1.25 bits per heavy atom. The summed E-state index contributed by atoms with van der Waals surface area (Å²) < 4.78 is 10.8. The maximum absolute atomic E-state index is 8.72. The van der Waals surface area contributed by atoms with Crippen LogP contribution in [0.15, 0.2) is 30.3 Å². The van der Waals surface area contributed by atoms with Crippen LogP contribution in [0.4, 0.5) is 0 Å². The van der Waals surface area contributed by atoms with E-state index in [-0.39, 0.29) is 12.7 Å². The lowest BCUT2D eigenvalue weighted by Crippen LogP contribution is -2.18. The fraction of sp³-hybridized carbons (Fsp3) is 0.538. The van der Waals surface area contributed by atoms with Crippen molar-refractivity contribution in [1.29, 1.82) is 0 Å². The van der Waals surface area contributed by atoms with Crippen molar-refractivity contribution in [3.8, 4) is 0 Å². The number of hydrogen-bond acceptors (Lipinski definition) is 3. The van der Waals surface area contributed by atoms with E-state index in [0.29, 0.717) is 13.2 Å². The first-order valence-corrected chi connectivity index (χ1v) is 5.62. The molecule has 0 amide bonds. The van der Waals surface area contributed by atoms with Gasteiger partial charge in [-0.1, -0.05) is 30.3 Å². The van der Waals surface area contributed by atoms with E-state index in [1.807, 2.05) is 30.3 Å². The molecule has 0 aliphatic rings. The Morgan fingerprint density at radius 3 is 2.62 bits per heavy atom. The molecule has 1 N–H and O–H groups in total. The minimum Gasteiger partial charge on any atom is -0.396 e. The van der Waals surface area contributed by atoms with Gasteiger partial charge in [0.05, 0.1) is 19.3 Å². The lowest BCUT2D eigenvalue weighted by Gasteiger charge is -2.14. The molecule has 1 aromatic carbocycles. The van der Waals surface area contributed by atoms with E-state index in [4.69, 9.17) is 14.6 Å². The lowest BCUT2D eigenvalue weighted by molar-refractivity contribution is -0.00454. The predicted octanol–water partition coefficient (Wildman–Crippen LogP) is 1.99. The number of hydrogen-bond donors (Lipinski definition) is 1. The monoisotopic (exact) mass is 224 g/mol. The van der Waals surface area contributed by atoms with Gasteiger partial charge < -0.3 is 14.6 Å². The summed E-state index contributed by atoms with van der Waals surface area (Å²) in [6.45, 7) is 1.39. The second kappa shape index (κ2) is 8.28. The molecular formula is C13H20O3. The summed E-state index contributed by atoms with van der Waals surface area (Å²) in [5.74, 6) is 0. The predicted molar refractivity (Wildman–Crippen MR) is 63.2 cm³/mol. The van der Waals surface area contributed by atoms with Gasteiger partial charge in [0.2, 0.25) is 0 Å². The number of benzene rings is 1. The Kier molecular flexibility index (Phi) is 6.81. The van der Waals surface area contributed by atoms with E-state index in [9.17, 15) is 0 Å². The zero-order valence-corrected chi connectivity index (χ0v) is 9.76. The molecule has 3 nitrogen and oxygen atoms in total. The third-order valence-electron chi connectivity index (χ3n) is 2.43. The molecular weight excluding hydrogens is 204 g/mol. The van der Waals surface area contributed by atoms with E-state index in [1.165, 1.54) is 5.56 Å². The summed E-state index contributed by atoms with van der Waals surface area (Å²) in [6, 6.07) is 10.1. The highest BCUT2D eigenvalue weighted by atomic mass is 16.5. The Bertz CT molecular complexity index is 261. The third kappa shape index (κ3) is 5.26. The molecule has 1 atom stereocenters. The summed E-state index contributed by atoms with van der Waals surface area (Å²) in [6.07, 6.45) is 1.67. The lowest BCUT2D eigenvalue weighted by atomic mass is 10.2. The Labute approximate surface area is 97.0 Å². The zero-order valence-electron chi connectivity index (χ0n) is 9.76. The van der Waals surface area contributed by atoms with Crippen LogP contribution in [-0.2, 0) is 16.1 Å². The highest BCUT2D eigenvalue weighted by Gasteiger charge is 2.06. The van der Waals surface area contributed by atoms with E-state index in [2.05, 4.69) is 0 Å². The van der Waals surface area contributed by atoms with Gasteiger partial charge in [-0.25, -0.2) is 0 Å². The van der Waals surface area contributed by atoms with Gasteiger partial charge in [0, 0.05) is 13.7 Å². The van der Waals surface area contributed by atoms with Gasteiger partial charge in [0.25, 0.3) is 0 Å². The molecule has 16 heavy (non-hydrogen) atoms. The van der Waals surface area contributed by atoms with Crippen LogP contribution >= 0.6 is 0 Å². The topological polar surface area (TPSA) is 38.7 Å². The molecule has 1 rings (SSSR count). The molecule has 3 heteroatoms. The summed E-state index contributed by atoms with van der Waals surface area (Å²) in [5, 5.41) is 8.72. The van der Waals surface area contributed by atoms with Gasteiger partial charge in [-0.2, -0.15) is 0 Å². The van der Waals surface area contributed by atoms with Crippen molar-refractivity contribution in [1.82, 2.24) is 0 Å². The Morgan fingerprint density at radius 2 is 2.00 bits per heavy atom. The van der Waals surface area contributed by atoms with E-state index >= 15 is 0 Å². The van der Waals surface area contributed by atoms with Gasteiger partial charge >= 0.3 is 0 Å². The molecule has 0 aliphatic carbocycles. The van der Waals surface area contributed by atoms with Gasteiger partial charge in [0.15, 0.2) is 0 Å². The SMILES string of the molecule is CO[C@@H](CCCO)COCc1ccccc1. The van der Waals surface area contributed by atoms with Crippen molar-refractivity contribution in [3.05, 3.63) is 35.9 Å². The van der Waals surface area contributed by atoms with Gasteiger partial charge in [-0.3, -0.25) is 0 Å². The number of aliphatic hydroxyl groups excluding tert-OH is 1. The molecule has 0 radical (unpaired) electrons. The van der Waals surface area contributed by atoms with Crippen LogP contribution in [0.5, 0.6) is 0 Å². The summed E-state index contributed by atoms with van der Waals surface area (Å²) >= 11 is 0. The molecule has 0 bridgehead atoms. The van der Waals surface area contributed by atoms with Crippen LogP contribution in [0.1, 0.15) is 18.4 Å². The van der Waals surface area contributed by atoms with Crippen molar-refractivity contribution in [2.45, 2.75) is 25.6 Å². The van der Waals surface area contributed by atoms with Crippen molar-refractivity contribution in [3.63, 3.8) is 0 Å². The molecule has 0 unspecified atom stereocenters. The largest absolute Gasteiger partial charge is 0.396 e. The second-order valence-electron chi connectivity index (χ2n) is 3.72. The average molecular weight is 224 g/mol. The Balaban J connectivity index is 2.18. The number of rotatable bonds is 8. The van der Waals surface area contributed by atoms with Crippen LogP contribution < -0.4 is 0 Å². The van der Waals surface area contributed by atoms with Crippen molar-refractivity contribution in [2.24, 2.45) is 0 Å². The minimum atomic E-state index is 0.0795. The molecule has 0 aliphatic heterocycles. The van der Waals surface area contributed by atoms with E-state index in [1.54, 1.807) is 7.11 Å². The summed E-state index contributed by atoms with van der Waals surface area (Å²) in [5.41, 5.74) is 1.17. The smallest absolute Gasteiger partial charge is 0.0805 e. The van der Waals surface area contributed by atoms with Crippen LogP contribution in [0.3, 0.4) is 0 Å². The standard InChI is InChI=1S/C13H20O3/c1-15-13(8-5-9-14)11-16-10-12-6-3-2-4-7-12/h2-4,6-7,13-14H,5,8-11H2,1H3/t13-/m0/s1.